The summed E-state index contributed by atoms with van der Waals surface area (Å²) in [6, 6.07) is 7.12. The van der Waals surface area contributed by atoms with Gasteiger partial charge in [-0.05, 0) is 43.0 Å². The summed E-state index contributed by atoms with van der Waals surface area (Å²) in [6.07, 6.45) is 5.02. The van der Waals surface area contributed by atoms with Crippen LogP contribution in [0.2, 0.25) is 5.02 Å². The third-order valence-corrected chi connectivity index (χ3v) is 3.68. The maximum absolute atomic E-state index is 11.7. The molecule has 5 heteroatoms. The summed E-state index contributed by atoms with van der Waals surface area (Å²) >= 11 is 5.78. The SMILES string of the molecule is O=C(C=Cc1ccc(Cl)cc1)NC1CCC(C(=O)O)C1. The second-order valence-corrected chi connectivity index (χ2v) is 5.38. The minimum absolute atomic E-state index is 0.0431. The molecule has 1 saturated carbocycles. The number of carboxylic acids is 1. The molecule has 0 spiro atoms. The van der Waals surface area contributed by atoms with Crippen molar-refractivity contribution < 1.29 is 14.7 Å². The van der Waals surface area contributed by atoms with Crippen LogP contribution in [0.4, 0.5) is 0 Å². The Hall–Kier alpha value is -1.81. The number of carboxylic acid groups (broad SMARTS) is 1. The number of rotatable bonds is 4. The zero-order valence-corrected chi connectivity index (χ0v) is 11.6. The fourth-order valence-corrected chi connectivity index (χ4v) is 2.46. The number of carbonyl (C=O) groups excluding carboxylic acids is 1. The summed E-state index contributed by atoms with van der Waals surface area (Å²) in [5.41, 5.74) is 0.888. The van der Waals surface area contributed by atoms with Crippen molar-refractivity contribution in [1.82, 2.24) is 5.32 Å². The van der Waals surface area contributed by atoms with Crippen molar-refractivity contribution in [3.05, 3.63) is 40.9 Å². The first kappa shape index (κ1) is 14.6. The number of hydrogen-bond acceptors (Lipinski definition) is 2. The van der Waals surface area contributed by atoms with E-state index in [1.807, 2.05) is 12.1 Å². The van der Waals surface area contributed by atoms with Crippen LogP contribution in [-0.4, -0.2) is 23.0 Å². The molecule has 1 aromatic rings. The van der Waals surface area contributed by atoms with E-state index in [2.05, 4.69) is 5.32 Å². The molecular formula is C15H16ClNO3. The predicted molar refractivity (Wildman–Crippen MR) is 77.4 cm³/mol. The van der Waals surface area contributed by atoms with Crippen molar-refractivity contribution in [1.29, 1.82) is 0 Å². The van der Waals surface area contributed by atoms with Crippen LogP contribution >= 0.6 is 11.6 Å². The molecule has 0 aromatic heterocycles. The van der Waals surface area contributed by atoms with Crippen molar-refractivity contribution in [3.8, 4) is 0 Å². The Labute approximate surface area is 122 Å². The summed E-state index contributed by atoms with van der Waals surface area (Å²) < 4.78 is 0. The summed E-state index contributed by atoms with van der Waals surface area (Å²) in [6.45, 7) is 0. The van der Waals surface area contributed by atoms with Gasteiger partial charge < -0.3 is 10.4 Å². The fourth-order valence-electron chi connectivity index (χ4n) is 2.33. The van der Waals surface area contributed by atoms with Gasteiger partial charge in [0.25, 0.3) is 0 Å². The number of amides is 1. The van der Waals surface area contributed by atoms with Gasteiger partial charge in [-0.3, -0.25) is 9.59 Å². The first-order chi connectivity index (χ1) is 9.54. The van der Waals surface area contributed by atoms with E-state index >= 15 is 0 Å². The molecule has 1 amide bonds. The van der Waals surface area contributed by atoms with Gasteiger partial charge in [0.1, 0.15) is 0 Å². The standard InChI is InChI=1S/C15H16ClNO3/c16-12-5-1-10(2-6-12)3-8-14(18)17-13-7-4-11(9-13)15(19)20/h1-3,5-6,8,11,13H,4,7,9H2,(H,17,18)(H,19,20). The highest BCUT2D eigenvalue weighted by Crippen LogP contribution is 2.25. The molecule has 20 heavy (non-hydrogen) atoms. The molecule has 0 radical (unpaired) electrons. The molecule has 0 heterocycles. The van der Waals surface area contributed by atoms with Crippen LogP contribution in [0.5, 0.6) is 0 Å². The third kappa shape index (κ3) is 4.10. The van der Waals surface area contributed by atoms with Crippen molar-refractivity contribution in [2.75, 3.05) is 0 Å². The van der Waals surface area contributed by atoms with Crippen LogP contribution in [0.1, 0.15) is 24.8 Å². The first-order valence-electron chi connectivity index (χ1n) is 6.51. The lowest BCUT2D eigenvalue weighted by molar-refractivity contribution is -0.141. The number of halogens is 1. The molecular weight excluding hydrogens is 278 g/mol. The molecule has 1 aromatic carbocycles. The van der Waals surface area contributed by atoms with Crippen LogP contribution < -0.4 is 5.32 Å². The highest BCUT2D eigenvalue weighted by Gasteiger charge is 2.30. The molecule has 2 atom stereocenters. The lowest BCUT2D eigenvalue weighted by Gasteiger charge is -2.10. The molecule has 0 aliphatic heterocycles. The topological polar surface area (TPSA) is 66.4 Å². The lowest BCUT2D eigenvalue weighted by atomic mass is 10.1. The van der Waals surface area contributed by atoms with Gasteiger partial charge in [0.15, 0.2) is 0 Å². The number of aliphatic carboxylic acids is 1. The van der Waals surface area contributed by atoms with Crippen molar-refractivity contribution in [2.24, 2.45) is 5.92 Å². The van der Waals surface area contributed by atoms with Gasteiger partial charge in [-0.2, -0.15) is 0 Å². The van der Waals surface area contributed by atoms with Crippen molar-refractivity contribution >= 4 is 29.6 Å². The Morgan fingerprint density at radius 1 is 1.25 bits per heavy atom. The molecule has 0 saturated heterocycles. The first-order valence-corrected chi connectivity index (χ1v) is 6.89. The summed E-state index contributed by atoms with van der Waals surface area (Å²) in [7, 11) is 0. The molecule has 4 nitrogen and oxygen atoms in total. The molecule has 106 valence electrons. The average Bonchev–Trinajstić information content (AvgIpc) is 2.87. The molecule has 1 aliphatic carbocycles. The highest BCUT2D eigenvalue weighted by molar-refractivity contribution is 6.30. The zero-order valence-electron chi connectivity index (χ0n) is 10.9. The van der Waals surface area contributed by atoms with Gasteiger partial charge in [0.2, 0.25) is 5.91 Å². The smallest absolute Gasteiger partial charge is 0.306 e. The van der Waals surface area contributed by atoms with E-state index in [9.17, 15) is 9.59 Å². The minimum atomic E-state index is -0.779. The van der Waals surface area contributed by atoms with E-state index in [0.29, 0.717) is 17.9 Å². The van der Waals surface area contributed by atoms with Crippen LogP contribution in [0, 0.1) is 5.92 Å². The normalized spacial score (nSPS) is 22.1. The number of carbonyl (C=O) groups is 2. The van der Waals surface area contributed by atoms with E-state index in [4.69, 9.17) is 16.7 Å². The maximum Gasteiger partial charge on any atom is 0.306 e. The Bertz CT molecular complexity index is 524. The monoisotopic (exact) mass is 293 g/mol. The van der Waals surface area contributed by atoms with Gasteiger partial charge in [-0.15, -0.1) is 0 Å². The fraction of sp³-hybridized carbons (Fsp3) is 0.333. The molecule has 2 N–H and O–H groups in total. The second kappa shape index (κ2) is 6.57. The quantitative estimate of drug-likeness (QED) is 0.839. The van der Waals surface area contributed by atoms with Crippen molar-refractivity contribution in [2.45, 2.75) is 25.3 Å². The zero-order chi connectivity index (χ0) is 14.5. The maximum atomic E-state index is 11.7. The van der Waals surface area contributed by atoms with E-state index < -0.39 is 5.97 Å². The molecule has 1 aliphatic rings. The Kier molecular flexibility index (Phi) is 4.79. The summed E-state index contributed by atoms with van der Waals surface area (Å²) in [4.78, 5) is 22.6. The molecule has 2 unspecified atom stereocenters. The summed E-state index contributed by atoms with van der Waals surface area (Å²) in [5, 5.41) is 12.4. The summed E-state index contributed by atoms with van der Waals surface area (Å²) in [5.74, 6) is -1.31. The van der Waals surface area contributed by atoms with Crippen LogP contribution in [0.25, 0.3) is 6.08 Å². The van der Waals surface area contributed by atoms with E-state index in [1.54, 1.807) is 18.2 Å². The van der Waals surface area contributed by atoms with E-state index in [1.165, 1.54) is 6.08 Å². The Morgan fingerprint density at radius 2 is 1.95 bits per heavy atom. The minimum Gasteiger partial charge on any atom is -0.481 e. The van der Waals surface area contributed by atoms with Gasteiger partial charge in [0.05, 0.1) is 5.92 Å². The van der Waals surface area contributed by atoms with Gasteiger partial charge in [-0.25, -0.2) is 0 Å². The van der Waals surface area contributed by atoms with Gasteiger partial charge in [-0.1, -0.05) is 23.7 Å². The average molecular weight is 294 g/mol. The highest BCUT2D eigenvalue weighted by atomic mass is 35.5. The lowest BCUT2D eigenvalue weighted by Crippen LogP contribution is -2.31. The van der Waals surface area contributed by atoms with E-state index in [-0.39, 0.29) is 17.9 Å². The number of benzene rings is 1. The second-order valence-electron chi connectivity index (χ2n) is 4.94. The number of nitrogens with one attached hydrogen (secondary N) is 1. The van der Waals surface area contributed by atoms with Crippen LogP contribution in [0.3, 0.4) is 0 Å². The van der Waals surface area contributed by atoms with E-state index in [0.717, 1.165) is 12.0 Å². The third-order valence-electron chi connectivity index (χ3n) is 3.43. The predicted octanol–water partition coefficient (Wildman–Crippen LogP) is 2.72. The van der Waals surface area contributed by atoms with Crippen LogP contribution in [-0.2, 0) is 9.59 Å². The Morgan fingerprint density at radius 3 is 2.55 bits per heavy atom. The Balaban J connectivity index is 1.84. The van der Waals surface area contributed by atoms with Crippen molar-refractivity contribution in [3.63, 3.8) is 0 Å². The molecule has 2 rings (SSSR count). The largest absolute Gasteiger partial charge is 0.481 e. The van der Waals surface area contributed by atoms with Crippen LogP contribution in [0.15, 0.2) is 30.3 Å². The van der Waals surface area contributed by atoms with Gasteiger partial charge >= 0.3 is 5.97 Å². The number of hydrogen-bond donors (Lipinski definition) is 2. The van der Waals surface area contributed by atoms with Gasteiger partial charge in [0, 0.05) is 17.1 Å². The molecule has 1 fully saturated rings. The molecule has 0 bridgehead atoms.